The quantitative estimate of drug-likeness (QED) is 0.874. The first-order chi connectivity index (χ1) is 10.5. The fourth-order valence-corrected chi connectivity index (χ4v) is 4.23. The van der Waals surface area contributed by atoms with Crippen LogP contribution in [-0.4, -0.2) is 21.6 Å². The molecule has 0 spiro atoms. The van der Waals surface area contributed by atoms with Crippen LogP contribution in [0.1, 0.15) is 16.7 Å². The fourth-order valence-electron chi connectivity index (χ4n) is 2.68. The van der Waals surface area contributed by atoms with Gasteiger partial charge in [-0.15, -0.1) is 0 Å². The normalized spacial score (nSPS) is 14.4. The van der Waals surface area contributed by atoms with E-state index in [0.717, 1.165) is 16.7 Å². The number of anilines is 1. The smallest absolute Gasteiger partial charge is 0.239 e. The van der Waals surface area contributed by atoms with E-state index in [4.69, 9.17) is 4.74 Å². The summed E-state index contributed by atoms with van der Waals surface area (Å²) >= 11 is 0. The highest BCUT2D eigenvalue weighted by atomic mass is 32.2. The summed E-state index contributed by atoms with van der Waals surface area (Å²) in [6.45, 7) is 4.64. The van der Waals surface area contributed by atoms with E-state index in [1.165, 1.54) is 4.31 Å². The van der Waals surface area contributed by atoms with Crippen LogP contribution >= 0.6 is 0 Å². The molecule has 5 heteroatoms. The molecule has 22 heavy (non-hydrogen) atoms. The molecule has 0 amide bonds. The first-order valence-electron chi connectivity index (χ1n) is 7.25. The first kappa shape index (κ1) is 14.9. The third-order valence-corrected chi connectivity index (χ3v) is 5.45. The lowest BCUT2D eigenvalue weighted by Gasteiger charge is -2.30. The molecule has 0 saturated carbocycles. The first-order valence-corrected chi connectivity index (χ1v) is 8.86. The van der Waals surface area contributed by atoms with E-state index < -0.39 is 10.0 Å². The van der Waals surface area contributed by atoms with Crippen LogP contribution in [0.25, 0.3) is 0 Å². The van der Waals surface area contributed by atoms with E-state index in [-0.39, 0.29) is 5.75 Å². The zero-order valence-electron chi connectivity index (χ0n) is 12.7. The Bertz CT molecular complexity index is 799. The molecule has 2 aromatic rings. The summed E-state index contributed by atoms with van der Waals surface area (Å²) in [4.78, 5) is 0. The lowest BCUT2D eigenvalue weighted by Crippen LogP contribution is -2.38. The Labute approximate surface area is 131 Å². The second kappa shape index (κ2) is 5.65. The van der Waals surface area contributed by atoms with Gasteiger partial charge in [0.05, 0.1) is 18.0 Å². The molecule has 0 radical (unpaired) electrons. The Balaban J connectivity index is 1.95. The van der Waals surface area contributed by atoms with Crippen LogP contribution in [0.2, 0.25) is 0 Å². The minimum Gasteiger partial charge on any atom is -0.489 e. The molecule has 1 aliphatic rings. The van der Waals surface area contributed by atoms with Gasteiger partial charge in [-0.1, -0.05) is 35.9 Å². The van der Waals surface area contributed by atoms with Gasteiger partial charge in [-0.05, 0) is 37.1 Å². The summed E-state index contributed by atoms with van der Waals surface area (Å²) in [5.74, 6) is 0.631. The van der Waals surface area contributed by atoms with E-state index >= 15 is 0 Å². The summed E-state index contributed by atoms with van der Waals surface area (Å²) in [7, 11) is -3.43. The highest BCUT2D eigenvalue weighted by Gasteiger charge is 2.28. The van der Waals surface area contributed by atoms with Crippen molar-refractivity contribution in [2.75, 3.05) is 17.5 Å². The molecule has 1 heterocycles. The van der Waals surface area contributed by atoms with Gasteiger partial charge in [0.15, 0.2) is 0 Å². The lowest BCUT2D eigenvalue weighted by molar-refractivity contribution is 0.315. The molecule has 1 aliphatic heterocycles. The van der Waals surface area contributed by atoms with Crippen molar-refractivity contribution in [3.63, 3.8) is 0 Å². The largest absolute Gasteiger partial charge is 0.489 e. The molecule has 0 aromatic heterocycles. The standard InChI is InChI=1S/C17H19NO3S/c1-13-4-3-5-15(10-13)12-22(19,20)18-8-9-21-17-7-6-14(2)11-16(17)18/h3-7,10-11H,8-9,12H2,1-2H3. The van der Waals surface area contributed by atoms with Crippen molar-refractivity contribution in [2.45, 2.75) is 19.6 Å². The zero-order valence-corrected chi connectivity index (χ0v) is 13.6. The predicted octanol–water partition coefficient (Wildman–Crippen LogP) is 3.03. The van der Waals surface area contributed by atoms with Gasteiger partial charge in [-0.3, -0.25) is 4.31 Å². The van der Waals surface area contributed by atoms with Gasteiger partial charge in [0.2, 0.25) is 10.0 Å². The predicted molar refractivity (Wildman–Crippen MR) is 87.8 cm³/mol. The zero-order chi connectivity index (χ0) is 15.7. The van der Waals surface area contributed by atoms with Gasteiger partial charge in [0, 0.05) is 0 Å². The van der Waals surface area contributed by atoms with Gasteiger partial charge in [-0.25, -0.2) is 8.42 Å². The monoisotopic (exact) mass is 317 g/mol. The summed E-state index contributed by atoms with van der Waals surface area (Å²) in [6, 6.07) is 13.2. The molecule has 3 rings (SSSR count). The number of fused-ring (bicyclic) bond motifs is 1. The van der Waals surface area contributed by atoms with Gasteiger partial charge in [-0.2, -0.15) is 0 Å². The van der Waals surface area contributed by atoms with Crippen LogP contribution in [0.4, 0.5) is 5.69 Å². The van der Waals surface area contributed by atoms with Crippen molar-refractivity contribution in [3.05, 3.63) is 59.2 Å². The van der Waals surface area contributed by atoms with Gasteiger partial charge >= 0.3 is 0 Å². The third kappa shape index (κ3) is 2.95. The molecule has 0 aliphatic carbocycles. The Morgan fingerprint density at radius 1 is 1.09 bits per heavy atom. The maximum atomic E-state index is 12.8. The number of benzene rings is 2. The summed E-state index contributed by atoms with van der Waals surface area (Å²) in [5.41, 5.74) is 3.52. The number of ether oxygens (including phenoxy) is 1. The average Bonchev–Trinajstić information content (AvgIpc) is 2.46. The second-order valence-corrected chi connectivity index (χ2v) is 7.53. The van der Waals surface area contributed by atoms with Crippen molar-refractivity contribution in [1.82, 2.24) is 0 Å². The Kier molecular flexibility index (Phi) is 3.83. The van der Waals surface area contributed by atoms with Crippen molar-refractivity contribution >= 4 is 15.7 Å². The van der Waals surface area contributed by atoms with Crippen molar-refractivity contribution < 1.29 is 13.2 Å². The van der Waals surface area contributed by atoms with Crippen molar-refractivity contribution in [1.29, 1.82) is 0 Å². The van der Waals surface area contributed by atoms with E-state index in [1.807, 2.05) is 56.3 Å². The van der Waals surface area contributed by atoms with Crippen LogP contribution in [0.15, 0.2) is 42.5 Å². The molecule has 0 atom stereocenters. The van der Waals surface area contributed by atoms with E-state index in [9.17, 15) is 8.42 Å². The van der Waals surface area contributed by atoms with Gasteiger partial charge in [0.25, 0.3) is 0 Å². The number of sulfonamides is 1. The summed E-state index contributed by atoms with van der Waals surface area (Å²) in [6.07, 6.45) is 0. The third-order valence-electron chi connectivity index (χ3n) is 3.70. The molecule has 0 saturated heterocycles. The number of hydrogen-bond donors (Lipinski definition) is 0. The van der Waals surface area contributed by atoms with Crippen LogP contribution in [0.5, 0.6) is 5.75 Å². The molecule has 2 aromatic carbocycles. The maximum Gasteiger partial charge on any atom is 0.239 e. The Morgan fingerprint density at radius 3 is 2.64 bits per heavy atom. The molecule has 0 unspecified atom stereocenters. The molecule has 116 valence electrons. The van der Waals surface area contributed by atoms with Crippen molar-refractivity contribution in [2.24, 2.45) is 0 Å². The number of nitrogens with zero attached hydrogens (tertiary/aromatic N) is 1. The topological polar surface area (TPSA) is 46.6 Å². The molecule has 0 N–H and O–H groups in total. The fraction of sp³-hybridized carbons (Fsp3) is 0.294. The van der Waals surface area contributed by atoms with E-state index in [2.05, 4.69) is 0 Å². The van der Waals surface area contributed by atoms with Gasteiger partial charge in [0.1, 0.15) is 12.4 Å². The minimum absolute atomic E-state index is 0.00205. The SMILES string of the molecule is Cc1cccc(CS(=O)(=O)N2CCOc3ccc(C)cc32)c1. The van der Waals surface area contributed by atoms with Crippen LogP contribution in [0.3, 0.4) is 0 Å². The highest BCUT2D eigenvalue weighted by Crippen LogP contribution is 2.34. The average molecular weight is 317 g/mol. The molecule has 4 nitrogen and oxygen atoms in total. The Hall–Kier alpha value is -2.01. The molecule has 0 bridgehead atoms. The van der Waals surface area contributed by atoms with Crippen LogP contribution in [-0.2, 0) is 15.8 Å². The van der Waals surface area contributed by atoms with E-state index in [1.54, 1.807) is 0 Å². The highest BCUT2D eigenvalue weighted by molar-refractivity contribution is 7.92. The number of hydrogen-bond acceptors (Lipinski definition) is 3. The molecule has 0 fully saturated rings. The Morgan fingerprint density at radius 2 is 1.86 bits per heavy atom. The maximum absolute atomic E-state index is 12.8. The lowest BCUT2D eigenvalue weighted by atomic mass is 10.2. The van der Waals surface area contributed by atoms with Crippen LogP contribution in [0, 0.1) is 13.8 Å². The summed E-state index contributed by atoms with van der Waals surface area (Å²) < 4.78 is 32.7. The second-order valence-electron chi connectivity index (χ2n) is 5.64. The van der Waals surface area contributed by atoms with Crippen LogP contribution < -0.4 is 9.04 Å². The minimum atomic E-state index is -3.43. The van der Waals surface area contributed by atoms with Gasteiger partial charge < -0.3 is 4.74 Å². The summed E-state index contributed by atoms with van der Waals surface area (Å²) in [5, 5.41) is 0. The molecular formula is C17H19NO3S. The van der Waals surface area contributed by atoms with E-state index in [0.29, 0.717) is 24.6 Å². The molecular weight excluding hydrogens is 298 g/mol. The number of rotatable bonds is 3. The van der Waals surface area contributed by atoms with Crippen molar-refractivity contribution in [3.8, 4) is 5.75 Å². The number of aryl methyl sites for hydroxylation is 2.